The average molecular weight is 233 g/mol. The highest BCUT2D eigenvalue weighted by atomic mass is 32.1. The van der Waals surface area contributed by atoms with Crippen LogP contribution in [0.25, 0.3) is 0 Å². The van der Waals surface area contributed by atoms with Crippen molar-refractivity contribution in [2.45, 2.75) is 18.9 Å². The van der Waals surface area contributed by atoms with Crippen molar-refractivity contribution in [3.05, 3.63) is 42.5 Å². The van der Waals surface area contributed by atoms with Gasteiger partial charge in [-0.25, -0.2) is 0 Å². The smallest absolute Gasteiger partial charge is 0.264 e. The van der Waals surface area contributed by atoms with E-state index >= 15 is 0 Å². The largest absolute Gasteiger partial charge is 0.432 e. The molecule has 0 saturated carbocycles. The number of ether oxygens (including phenoxy) is 1. The Morgan fingerprint density at radius 1 is 1.25 bits per heavy atom. The van der Waals surface area contributed by atoms with E-state index in [0.29, 0.717) is 11.2 Å². The Labute approximate surface area is 102 Å². The van der Waals surface area contributed by atoms with Crippen LogP contribution in [0.1, 0.15) is 12.8 Å². The van der Waals surface area contributed by atoms with Gasteiger partial charge >= 0.3 is 0 Å². The Morgan fingerprint density at radius 3 is 2.50 bits per heavy atom. The first kappa shape index (κ1) is 11.1. The van der Waals surface area contributed by atoms with E-state index in [9.17, 15) is 0 Å². The molecular formula is C13H15NOS. The van der Waals surface area contributed by atoms with E-state index in [2.05, 4.69) is 12.2 Å². The van der Waals surface area contributed by atoms with Gasteiger partial charge in [0.1, 0.15) is 5.75 Å². The minimum atomic E-state index is 0.455. The van der Waals surface area contributed by atoms with Gasteiger partial charge in [0.25, 0.3) is 5.17 Å². The molecule has 0 atom stereocenters. The number of hydrogen-bond acceptors (Lipinski definition) is 2. The maximum Gasteiger partial charge on any atom is 0.264 e. The fraction of sp³-hybridized carbons (Fsp3) is 0.308. The fourth-order valence-corrected chi connectivity index (χ4v) is 1.97. The van der Waals surface area contributed by atoms with Crippen LogP contribution >= 0.6 is 12.2 Å². The molecule has 0 amide bonds. The molecule has 84 valence electrons. The van der Waals surface area contributed by atoms with Gasteiger partial charge in [0.15, 0.2) is 0 Å². The third-order valence-electron chi connectivity index (χ3n) is 2.77. The van der Waals surface area contributed by atoms with Crippen molar-refractivity contribution in [2.24, 2.45) is 0 Å². The van der Waals surface area contributed by atoms with Gasteiger partial charge in [-0.2, -0.15) is 0 Å². The molecule has 0 aliphatic heterocycles. The number of rotatable bonds is 2. The summed E-state index contributed by atoms with van der Waals surface area (Å²) in [6.07, 6.45) is 6.47. The van der Waals surface area contributed by atoms with Gasteiger partial charge in [-0.3, -0.25) is 0 Å². The molecule has 2 nitrogen and oxygen atoms in total. The molecule has 0 unspecified atom stereocenters. The number of benzene rings is 1. The van der Waals surface area contributed by atoms with Crippen molar-refractivity contribution in [3.8, 4) is 5.75 Å². The molecule has 1 aliphatic rings. The highest BCUT2D eigenvalue weighted by Crippen LogP contribution is 2.17. The number of thiocarbonyl (C=S) groups is 1. The van der Waals surface area contributed by atoms with Gasteiger partial charge in [-0.1, -0.05) is 30.4 Å². The predicted molar refractivity (Wildman–Crippen MR) is 69.6 cm³/mol. The van der Waals surface area contributed by atoms with Crippen LogP contribution in [0.15, 0.2) is 42.5 Å². The molecule has 0 saturated heterocycles. The lowest BCUT2D eigenvalue weighted by atomic mass is 10.2. The average Bonchev–Trinajstić information content (AvgIpc) is 2.83. The van der Waals surface area contributed by atoms with Crippen LogP contribution < -0.4 is 4.74 Å². The molecule has 0 bridgehead atoms. The summed E-state index contributed by atoms with van der Waals surface area (Å²) in [6, 6.07) is 10.1. The molecule has 1 aliphatic carbocycles. The third-order valence-corrected chi connectivity index (χ3v) is 3.14. The number of nitrogens with zero attached hydrogens (tertiary/aromatic N) is 1. The second kappa shape index (κ2) is 5.12. The van der Waals surface area contributed by atoms with Crippen LogP contribution in [0, 0.1) is 0 Å². The van der Waals surface area contributed by atoms with Crippen molar-refractivity contribution in [3.63, 3.8) is 0 Å². The van der Waals surface area contributed by atoms with Crippen molar-refractivity contribution in [2.75, 3.05) is 7.05 Å². The van der Waals surface area contributed by atoms with Crippen LogP contribution in [0.2, 0.25) is 0 Å². The molecule has 0 spiro atoms. The number of para-hydroxylation sites is 1. The lowest BCUT2D eigenvalue weighted by Gasteiger charge is -2.26. The van der Waals surface area contributed by atoms with Gasteiger partial charge in [0, 0.05) is 13.1 Å². The van der Waals surface area contributed by atoms with Gasteiger partial charge < -0.3 is 9.64 Å². The summed E-state index contributed by atoms with van der Waals surface area (Å²) in [5.41, 5.74) is 0. The minimum absolute atomic E-state index is 0.455. The predicted octanol–water partition coefficient (Wildman–Crippen LogP) is 3.00. The molecule has 2 rings (SSSR count). The van der Waals surface area contributed by atoms with Crippen LogP contribution in [0.3, 0.4) is 0 Å². The molecule has 0 aromatic heterocycles. The maximum atomic E-state index is 5.62. The quantitative estimate of drug-likeness (QED) is 0.575. The fourth-order valence-electron chi connectivity index (χ4n) is 1.73. The summed E-state index contributed by atoms with van der Waals surface area (Å²) in [7, 11) is 1.99. The third kappa shape index (κ3) is 2.61. The van der Waals surface area contributed by atoms with Crippen molar-refractivity contribution >= 4 is 17.4 Å². The Bertz CT molecular complexity index is 380. The zero-order valence-corrected chi connectivity index (χ0v) is 10.1. The van der Waals surface area contributed by atoms with Crippen molar-refractivity contribution in [1.82, 2.24) is 4.90 Å². The molecule has 0 N–H and O–H groups in total. The maximum absolute atomic E-state index is 5.62. The second-order valence-corrected chi connectivity index (χ2v) is 4.24. The SMILES string of the molecule is CN(C(=S)Oc1ccccc1)C1CC=CC1. The van der Waals surface area contributed by atoms with Gasteiger partial charge in [-0.05, 0) is 37.2 Å². The van der Waals surface area contributed by atoms with E-state index in [1.54, 1.807) is 0 Å². The first-order valence-corrected chi connectivity index (χ1v) is 5.83. The summed E-state index contributed by atoms with van der Waals surface area (Å²) >= 11 is 5.27. The summed E-state index contributed by atoms with van der Waals surface area (Å²) in [6.45, 7) is 0. The zero-order chi connectivity index (χ0) is 11.4. The summed E-state index contributed by atoms with van der Waals surface area (Å²) in [4.78, 5) is 2.03. The lowest BCUT2D eigenvalue weighted by Crippen LogP contribution is -2.37. The molecule has 0 heterocycles. The normalized spacial score (nSPS) is 15.1. The standard InChI is InChI=1S/C13H15NOS/c1-14(11-7-5-6-8-11)13(16)15-12-9-3-2-4-10-12/h2-6,9-11H,7-8H2,1H3. The van der Waals surface area contributed by atoms with Gasteiger partial charge in [0.2, 0.25) is 0 Å². The van der Waals surface area contributed by atoms with Gasteiger partial charge in [0.05, 0.1) is 0 Å². The summed E-state index contributed by atoms with van der Waals surface area (Å²) in [5, 5.41) is 0.542. The van der Waals surface area contributed by atoms with E-state index in [-0.39, 0.29) is 0 Å². The molecule has 0 fully saturated rings. The van der Waals surface area contributed by atoms with E-state index in [1.807, 2.05) is 42.3 Å². The highest BCUT2D eigenvalue weighted by Gasteiger charge is 2.19. The topological polar surface area (TPSA) is 12.5 Å². The molecule has 1 aromatic carbocycles. The Balaban J connectivity index is 1.93. The van der Waals surface area contributed by atoms with Crippen LogP contribution in [-0.4, -0.2) is 23.2 Å². The molecule has 0 radical (unpaired) electrons. The molecule has 16 heavy (non-hydrogen) atoms. The van der Waals surface area contributed by atoms with Crippen LogP contribution in [0.5, 0.6) is 5.75 Å². The van der Waals surface area contributed by atoms with Gasteiger partial charge in [-0.15, -0.1) is 0 Å². The highest BCUT2D eigenvalue weighted by molar-refractivity contribution is 7.80. The van der Waals surface area contributed by atoms with Crippen molar-refractivity contribution in [1.29, 1.82) is 0 Å². The summed E-state index contributed by atoms with van der Waals surface area (Å²) < 4.78 is 5.62. The van der Waals surface area contributed by atoms with E-state index in [0.717, 1.165) is 18.6 Å². The lowest BCUT2D eigenvalue weighted by molar-refractivity contribution is 0.327. The molecule has 3 heteroatoms. The number of hydrogen-bond donors (Lipinski definition) is 0. The Morgan fingerprint density at radius 2 is 1.88 bits per heavy atom. The first-order chi connectivity index (χ1) is 7.77. The zero-order valence-electron chi connectivity index (χ0n) is 9.30. The van der Waals surface area contributed by atoms with E-state index in [4.69, 9.17) is 17.0 Å². The molecular weight excluding hydrogens is 218 g/mol. The van der Waals surface area contributed by atoms with E-state index in [1.165, 1.54) is 0 Å². The first-order valence-electron chi connectivity index (χ1n) is 5.42. The Hall–Kier alpha value is -1.35. The second-order valence-electron chi connectivity index (χ2n) is 3.89. The van der Waals surface area contributed by atoms with Crippen LogP contribution in [0.4, 0.5) is 0 Å². The monoisotopic (exact) mass is 233 g/mol. The van der Waals surface area contributed by atoms with Crippen molar-refractivity contribution < 1.29 is 4.74 Å². The van der Waals surface area contributed by atoms with E-state index < -0.39 is 0 Å². The Kier molecular flexibility index (Phi) is 3.57. The minimum Gasteiger partial charge on any atom is -0.432 e. The summed E-state index contributed by atoms with van der Waals surface area (Å²) in [5.74, 6) is 0.797. The molecule has 1 aromatic rings. The van der Waals surface area contributed by atoms with Crippen LogP contribution in [-0.2, 0) is 0 Å².